The lowest BCUT2D eigenvalue weighted by Crippen LogP contribution is -2.27. The zero-order valence-electron chi connectivity index (χ0n) is 17.1. The lowest BCUT2D eigenvalue weighted by molar-refractivity contribution is -0.138. The van der Waals surface area contributed by atoms with Gasteiger partial charge in [0.05, 0.1) is 17.9 Å². The van der Waals surface area contributed by atoms with E-state index < -0.39 is 0 Å². The average Bonchev–Trinajstić information content (AvgIpc) is 2.81. The number of carbonyl (C=O) groups is 1. The summed E-state index contributed by atoms with van der Waals surface area (Å²) >= 11 is 0. The van der Waals surface area contributed by atoms with Crippen LogP contribution in [0.25, 0.3) is 5.70 Å². The van der Waals surface area contributed by atoms with Crippen molar-refractivity contribution in [1.29, 1.82) is 0 Å². The molecular weight excluding hydrogens is 370 g/mol. The third-order valence-corrected chi connectivity index (χ3v) is 5.21. The number of hydrogen-bond donors (Lipinski definition) is 0. The Kier molecular flexibility index (Phi) is 6.09. The van der Waals surface area contributed by atoms with Gasteiger partial charge in [0.15, 0.2) is 0 Å². The summed E-state index contributed by atoms with van der Waals surface area (Å²) in [5.74, 6) is -0.430. The molecule has 0 aliphatic carbocycles. The number of ether oxygens (including phenoxy) is 1. The Morgan fingerprint density at radius 2 is 1.47 bits per heavy atom. The van der Waals surface area contributed by atoms with Crippen molar-refractivity contribution >= 4 is 11.7 Å². The van der Waals surface area contributed by atoms with Crippen molar-refractivity contribution in [3.8, 4) is 0 Å². The molecule has 0 bridgehead atoms. The maximum Gasteiger partial charge on any atom is 0.337 e. The molecule has 4 rings (SSSR count). The van der Waals surface area contributed by atoms with Crippen molar-refractivity contribution in [2.24, 2.45) is 0 Å². The summed E-state index contributed by atoms with van der Waals surface area (Å²) in [5.41, 5.74) is 4.82. The molecule has 1 aliphatic heterocycles. The van der Waals surface area contributed by atoms with Crippen molar-refractivity contribution in [3.05, 3.63) is 126 Å². The summed E-state index contributed by atoms with van der Waals surface area (Å²) in [6, 6.07) is 30.5. The van der Waals surface area contributed by atoms with Crippen molar-refractivity contribution in [2.45, 2.75) is 19.4 Å². The number of benzene rings is 3. The van der Waals surface area contributed by atoms with Gasteiger partial charge < -0.3 is 9.64 Å². The van der Waals surface area contributed by atoms with Gasteiger partial charge in [0.25, 0.3) is 0 Å². The van der Waals surface area contributed by atoms with E-state index in [-0.39, 0.29) is 11.9 Å². The van der Waals surface area contributed by atoms with Crippen molar-refractivity contribution in [3.63, 3.8) is 0 Å². The Hall–Kier alpha value is -3.59. The molecule has 3 heteroatoms. The molecule has 0 saturated carbocycles. The minimum atomic E-state index is -0.271. The van der Waals surface area contributed by atoms with E-state index in [1.54, 1.807) is 0 Å². The van der Waals surface area contributed by atoms with Gasteiger partial charge in [-0.05, 0) is 23.6 Å². The van der Waals surface area contributed by atoms with Crippen LogP contribution in [-0.2, 0) is 16.1 Å². The third kappa shape index (κ3) is 4.20. The first kappa shape index (κ1) is 19.7. The van der Waals surface area contributed by atoms with E-state index in [0.29, 0.717) is 18.7 Å². The molecule has 0 amide bonds. The van der Waals surface area contributed by atoms with Gasteiger partial charge in [0.1, 0.15) is 0 Å². The molecule has 0 saturated heterocycles. The number of carbonyl (C=O) groups excluding carboxylic acids is 1. The van der Waals surface area contributed by atoms with E-state index in [4.69, 9.17) is 4.74 Å². The van der Waals surface area contributed by atoms with Crippen LogP contribution in [0.15, 0.2) is 109 Å². The summed E-state index contributed by atoms with van der Waals surface area (Å²) in [6.07, 6.45) is 4.19. The summed E-state index contributed by atoms with van der Waals surface area (Å²) in [4.78, 5) is 15.4. The Morgan fingerprint density at radius 1 is 0.867 bits per heavy atom. The molecule has 1 atom stereocenters. The van der Waals surface area contributed by atoms with Gasteiger partial charge in [-0.2, -0.15) is 0 Å². The Morgan fingerprint density at radius 3 is 2.10 bits per heavy atom. The molecular formula is C27H25NO2. The first-order valence-corrected chi connectivity index (χ1v) is 10.3. The van der Waals surface area contributed by atoms with Gasteiger partial charge >= 0.3 is 5.97 Å². The predicted molar refractivity (Wildman–Crippen MR) is 120 cm³/mol. The topological polar surface area (TPSA) is 29.5 Å². The van der Waals surface area contributed by atoms with Crippen LogP contribution >= 0.6 is 0 Å². The summed E-state index contributed by atoms with van der Waals surface area (Å²) in [7, 11) is 0. The number of rotatable bonds is 6. The highest BCUT2D eigenvalue weighted by molar-refractivity contribution is 6.00. The Labute approximate surface area is 177 Å². The van der Waals surface area contributed by atoms with Gasteiger partial charge in [-0.25, -0.2) is 4.79 Å². The molecule has 150 valence electrons. The fraction of sp³-hybridized carbons (Fsp3) is 0.148. The highest BCUT2D eigenvalue weighted by atomic mass is 16.5. The molecule has 3 aromatic carbocycles. The van der Waals surface area contributed by atoms with Gasteiger partial charge in [-0.3, -0.25) is 0 Å². The van der Waals surface area contributed by atoms with Crippen LogP contribution in [0.1, 0.15) is 29.5 Å². The SMILES string of the molecule is CCOC(=O)C1=C(c2ccccc2)N(Cc2ccccc2)C=CC1c1ccccc1. The van der Waals surface area contributed by atoms with E-state index in [1.165, 1.54) is 5.56 Å². The molecule has 1 aliphatic rings. The second-order valence-electron chi connectivity index (χ2n) is 7.19. The molecule has 0 aromatic heterocycles. The van der Waals surface area contributed by atoms with Crippen molar-refractivity contribution in [2.75, 3.05) is 6.61 Å². The van der Waals surface area contributed by atoms with Crippen LogP contribution in [0.4, 0.5) is 0 Å². The first-order valence-electron chi connectivity index (χ1n) is 10.3. The minimum Gasteiger partial charge on any atom is -0.463 e. The van der Waals surface area contributed by atoms with Crippen molar-refractivity contribution in [1.82, 2.24) is 4.90 Å². The van der Waals surface area contributed by atoms with Gasteiger partial charge in [-0.15, -0.1) is 0 Å². The minimum absolute atomic E-state index is 0.160. The molecule has 3 nitrogen and oxygen atoms in total. The summed E-state index contributed by atoms with van der Waals surface area (Å²) < 4.78 is 5.53. The van der Waals surface area contributed by atoms with Crippen LogP contribution in [-0.4, -0.2) is 17.5 Å². The number of hydrogen-bond acceptors (Lipinski definition) is 3. The van der Waals surface area contributed by atoms with E-state index in [1.807, 2.05) is 73.7 Å². The summed E-state index contributed by atoms with van der Waals surface area (Å²) in [5, 5.41) is 0. The number of allylic oxidation sites excluding steroid dienone is 1. The van der Waals surface area contributed by atoms with Crippen LogP contribution in [0.2, 0.25) is 0 Å². The fourth-order valence-corrected chi connectivity index (χ4v) is 3.86. The standard InChI is InChI=1S/C27H25NO2/c1-2-30-27(29)25-24(22-14-8-4-9-15-22)18-19-28(20-21-12-6-3-7-13-21)26(25)23-16-10-5-11-17-23/h3-19,24H,2,20H2,1H3. The third-order valence-electron chi connectivity index (χ3n) is 5.21. The molecule has 30 heavy (non-hydrogen) atoms. The maximum atomic E-state index is 13.2. The summed E-state index contributed by atoms with van der Waals surface area (Å²) in [6.45, 7) is 2.86. The van der Waals surface area contributed by atoms with Gasteiger partial charge in [-0.1, -0.05) is 97.1 Å². The fourth-order valence-electron chi connectivity index (χ4n) is 3.86. The first-order chi connectivity index (χ1) is 14.8. The van der Waals surface area contributed by atoms with Crippen LogP contribution in [0.5, 0.6) is 0 Å². The monoisotopic (exact) mass is 395 g/mol. The second-order valence-corrected chi connectivity index (χ2v) is 7.19. The van der Waals surface area contributed by atoms with Crippen molar-refractivity contribution < 1.29 is 9.53 Å². The second kappa shape index (κ2) is 9.27. The lowest BCUT2D eigenvalue weighted by Gasteiger charge is -2.33. The normalized spacial score (nSPS) is 15.9. The zero-order chi connectivity index (χ0) is 20.8. The largest absolute Gasteiger partial charge is 0.463 e. The highest BCUT2D eigenvalue weighted by Crippen LogP contribution is 2.39. The molecule has 1 heterocycles. The Balaban J connectivity index is 1.87. The smallest absolute Gasteiger partial charge is 0.337 e. The van der Waals surface area contributed by atoms with E-state index in [9.17, 15) is 4.79 Å². The van der Waals surface area contributed by atoms with E-state index in [0.717, 1.165) is 16.8 Å². The van der Waals surface area contributed by atoms with Crippen LogP contribution in [0.3, 0.4) is 0 Å². The predicted octanol–water partition coefficient (Wildman–Crippen LogP) is 5.77. The van der Waals surface area contributed by atoms with Gasteiger partial charge in [0.2, 0.25) is 0 Å². The Bertz CT molecular complexity index is 1040. The van der Waals surface area contributed by atoms with Crippen LogP contribution in [0, 0.1) is 0 Å². The number of nitrogens with zero attached hydrogens (tertiary/aromatic N) is 1. The molecule has 0 spiro atoms. The van der Waals surface area contributed by atoms with E-state index >= 15 is 0 Å². The average molecular weight is 396 g/mol. The lowest BCUT2D eigenvalue weighted by atomic mass is 9.85. The maximum absolute atomic E-state index is 13.2. The molecule has 0 fully saturated rings. The molecule has 1 unspecified atom stereocenters. The van der Waals surface area contributed by atoms with Gasteiger partial charge in [0, 0.05) is 18.7 Å². The quantitative estimate of drug-likeness (QED) is 0.496. The molecule has 0 N–H and O–H groups in total. The van der Waals surface area contributed by atoms with Crippen LogP contribution < -0.4 is 0 Å². The highest BCUT2D eigenvalue weighted by Gasteiger charge is 2.32. The zero-order valence-corrected chi connectivity index (χ0v) is 17.1. The molecule has 0 radical (unpaired) electrons. The van der Waals surface area contributed by atoms with E-state index in [2.05, 4.69) is 41.4 Å². The molecule has 3 aromatic rings. The number of esters is 1.